The SMILES string of the molecule is NCC1(Cc2ccc(Cl)c(F)c2)CCCOC1. The van der Waals surface area contributed by atoms with Gasteiger partial charge in [-0.3, -0.25) is 0 Å². The molecule has 0 radical (unpaired) electrons. The number of halogens is 2. The summed E-state index contributed by atoms with van der Waals surface area (Å²) in [6.45, 7) is 2.03. The highest BCUT2D eigenvalue weighted by atomic mass is 35.5. The number of rotatable bonds is 3. The molecule has 2 N–H and O–H groups in total. The second-order valence-corrected chi connectivity index (χ2v) is 5.19. The third-order valence-corrected chi connectivity index (χ3v) is 3.71. The first-order valence-corrected chi connectivity index (χ1v) is 6.25. The van der Waals surface area contributed by atoms with Crippen molar-refractivity contribution in [1.29, 1.82) is 0 Å². The molecule has 1 saturated heterocycles. The minimum absolute atomic E-state index is 0.0431. The number of benzene rings is 1. The van der Waals surface area contributed by atoms with E-state index in [-0.39, 0.29) is 16.3 Å². The summed E-state index contributed by atoms with van der Waals surface area (Å²) in [7, 11) is 0. The number of nitrogens with two attached hydrogens (primary N) is 1. The molecule has 1 heterocycles. The van der Waals surface area contributed by atoms with Crippen LogP contribution >= 0.6 is 11.6 Å². The molecule has 0 aromatic heterocycles. The molecule has 1 aromatic carbocycles. The summed E-state index contributed by atoms with van der Waals surface area (Å²) < 4.78 is 18.9. The maximum absolute atomic E-state index is 13.4. The van der Waals surface area contributed by atoms with Crippen LogP contribution < -0.4 is 5.73 Å². The number of ether oxygens (including phenoxy) is 1. The van der Waals surface area contributed by atoms with Gasteiger partial charge in [0.05, 0.1) is 11.6 Å². The van der Waals surface area contributed by atoms with Crippen molar-refractivity contribution in [1.82, 2.24) is 0 Å². The molecular weight excluding hydrogens is 241 g/mol. The summed E-state index contributed by atoms with van der Waals surface area (Å²) in [6, 6.07) is 4.95. The molecule has 0 spiro atoms. The second-order valence-electron chi connectivity index (χ2n) is 4.79. The Kier molecular flexibility index (Phi) is 4.02. The van der Waals surface area contributed by atoms with Crippen LogP contribution in [0.2, 0.25) is 5.02 Å². The van der Waals surface area contributed by atoms with E-state index in [0.29, 0.717) is 13.2 Å². The average Bonchev–Trinajstić information content (AvgIpc) is 2.35. The van der Waals surface area contributed by atoms with Crippen molar-refractivity contribution in [3.8, 4) is 0 Å². The maximum Gasteiger partial charge on any atom is 0.142 e. The molecule has 1 aliphatic heterocycles. The molecule has 1 atom stereocenters. The standard InChI is InChI=1S/C13H17ClFNO/c14-11-3-2-10(6-12(11)15)7-13(8-16)4-1-5-17-9-13/h2-3,6H,1,4-5,7-9,16H2. The highest BCUT2D eigenvalue weighted by Gasteiger charge is 2.31. The highest BCUT2D eigenvalue weighted by molar-refractivity contribution is 6.30. The fourth-order valence-corrected chi connectivity index (χ4v) is 2.48. The molecule has 2 nitrogen and oxygen atoms in total. The lowest BCUT2D eigenvalue weighted by atomic mass is 9.77. The van der Waals surface area contributed by atoms with E-state index in [1.165, 1.54) is 6.07 Å². The molecule has 4 heteroatoms. The fourth-order valence-electron chi connectivity index (χ4n) is 2.37. The summed E-state index contributed by atoms with van der Waals surface area (Å²) in [4.78, 5) is 0. The van der Waals surface area contributed by atoms with Gasteiger partial charge in [-0.1, -0.05) is 17.7 Å². The van der Waals surface area contributed by atoms with Gasteiger partial charge in [0, 0.05) is 18.6 Å². The Morgan fingerprint density at radius 3 is 2.88 bits per heavy atom. The van der Waals surface area contributed by atoms with E-state index in [9.17, 15) is 4.39 Å². The van der Waals surface area contributed by atoms with Crippen molar-refractivity contribution in [3.05, 3.63) is 34.6 Å². The molecule has 17 heavy (non-hydrogen) atoms. The van der Waals surface area contributed by atoms with E-state index in [1.807, 2.05) is 6.07 Å². The van der Waals surface area contributed by atoms with E-state index >= 15 is 0 Å². The molecule has 1 aromatic rings. The summed E-state index contributed by atoms with van der Waals surface area (Å²) in [5.41, 5.74) is 6.74. The molecule has 1 unspecified atom stereocenters. The van der Waals surface area contributed by atoms with Crippen molar-refractivity contribution >= 4 is 11.6 Å². The first kappa shape index (κ1) is 12.8. The average molecular weight is 258 g/mol. The summed E-state index contributed by atoms with van der Waals surface area (Å²) in [5, 5.41) is 0.162. The predicted molar refractivity (Wildman–Crippen MR) is 66.7 cm³/mol. The Bertz CT molecular complexity index is 391. The van der Waals surface area contributed by atoms with Crippen molar-refractivity contribution in [2.75, 3.05) is 19.8 Å². The smallest absolute Gasteiger partial charge is 0.142 e. The lowest BCUT2D eigenvalue weighted by Crippen LogP contribution is -2.40. The van der Waals surface area contributed by atoms with E-state index in [1.54, 1.807) is 6.07 Å². The summed E-state index contributed by atoms with van der Waals surface area (Å²) in [5.74, 6) is -0.368. The zero-order chi connectivity index (χ0) is 12.3. The Balaban J connectivity index is 2.14. The largest absolute Gasteiger partial charge is 0.381 e. The maximum atomic E-state index is 13.4. The number of hydrogen-bond acceptors (Lipinski definition) is 2. The molecule has 0 aliphatic carbocycles. The van der Waals surface area contributed by atoms with Crippen LogP contribution in [0.1, 0.15) is 18.4 Å². The first-order chi connectivity index (χ1) is 8.15. The quantitative estimate of drug-likeness (QED) is 0.904. The molecule has 2 rings (SSSR count). The topological polar surface area (TPSA) is 35.2 Å². The van der Waals surface area contributed by atoms with Gasteiger partial charge < -0.3 is 10.5 Å². The summed E-state index contributed by atoms with van der Waals surface area (Å²) >= 11 is 5.67. The van der Waals surface area contributed by atoms with Crippen LogP contribution in [0.15, 0.2) is 18.2 Å². The van der Waals surface area contributed by atoms with Gasteiger partial charge in [0.25, 0.3) is 0 Å². The Labute approximate surface area is 106 Å². The van der Waals surface area contributed by atoms with E-state index in [0.717, 1.165) is 31.4 Å². The van der Waals surface area contributed by atoms with E-state index in [2.05, 4.69) is 0 Å². The minimum Gasteiger partial charge on any atom is -0.381 e. The van der Waals surface area contributed by atoms with Crippen LogP contribution in [-0.2, 0) is 11.2 Å². The van der Waals surface area contributed by atoms with Crippen molar-refractivity contribution in [3.63, 3.8) is 0 Å². The van der Waals surface area contributed by atoms with Gasteiger partial charge in [0.15, 0.2) is 0 Å². The Morgan fingerprint density at radius 2 is 2.29 bits per heavy atom. The van der Waals surface area contributed by atoms with Gasteiger partial charge in [0.1, 0.15) is 5.82 Å². The van der Waals surface area contributed by atoms with Crippen LogP contribution in [0.4, 0.5) is 4.39 Å². The zero-order valence-corrected chi connectivity index (χ0v) is 10.5. The summed E-state index contributed by atoms with van der Waals surface area (Å²) in [6.07, 6.45) is 2.80. The highest BCUT2D eigenvalue weighted by Crippen LogP contribution is 2.32. The van der Waals surface area contributed by atoms with Gasteiger partial charge >= 0.3 is 0 Å². The van der Waals surface area contributed by atoms with Crippen LogP contribution in [0.25, 0.3) is 0 Å². The Morgan fingerprint density at radius 1 is 1.47 bits per heavy atom. The van der Waals surface area contributed by atoms with Gasteiger partial charge in [-0.15, -0.1) is 0 Å². The predicted octanol–water partition coefficient (Wildman–Crippen LogP) is 2.78. The van der Waals surface area contributed by atoms with Crippen LogP contribution in [-0.4, -0.2) is 19.8 Å². The molecular formula is C13H17ClFNO. The minimum atomic E-state index is -0.368. The molecule has 0 saturated carbocycles. The van der Waals surface area contributed by atoms with Crippen molar-refractivity contribution in [2.24, 2.45) is 11.1 Å². The lowest BCUT2D eigenvalue weighted by molar-refractivity contribution is -0.00266. The lowest BCUT2D eigenvalue weighted by Gasteiger charge is -2.36. The van der Waals surface area contributed by atoms with Crippen molar-refractivity contribution in [2.45, 2.75) is 19.3 Å². The van der Waals surface area contributed by atoms with Crippen LogP contribution in [0.5, 0.6) is 0 Å². The Hall–Kier alpha value is -0.640. The van der Waals surface area contributed by atoms with Gasteiger partial charge in [0.2, 0.25) is 0 Å². The van der Waals surface area contributed by atoms with Crippen LogP contribution in [0.3, 0.4) is 0 Å². The third-order valence-electron chi connectivity index (χ3n) is 3.40. The zero-order valence-electron chi connectivity index (χ0n) is 9.72. The van der Waals surface area contributed by atoms with Crippen LogP contribution in [0, 0.1) is 11.2 Å². The fraction of sp³-hybridized carbons (Fsp3) is 0.538. The second kappa shape index (κ2) is 5.34. The van der Waals surface area contributed by atoms with E-state index in [4.69, 9.17) is 22.1 Å². The van der Waals surface area contributed by atoms with Gasteiger partial charge in [-0.05, 0) is 37.0 Å². The first-order valence-electron chi connectivity index (χ1n) is 5.87. The molecule has 0 amide bonds. The normalized spacial score (nSPS) is 24.9. The number of hydrogen-bond donors (Lipinski definition) is 1. The molecule has 94 valence electrons. The molecule has 1 fully saturated rings. The molecule has 1 aliphatic rings. The van der Waals surface area contributed by atoms with Crippen molar-refractivity contribution < 1.29 is 9.13 Å². The van der Waals surface area contributed by atoms with Gasteiger partial charge in [-0.2, -0.15) is 0 Å². The molecule has 0 bridgehead atoms. The monoisotopic (exact) mass is 257 g/mol. The van der Waals surface area contributed by atoms with E-state index < -0.39 is 0 Å². The third kappa shape index (κ3) is 2.97. The van der Waals surface area contributed by atoms with Gasteiger partial charge in [-0.25, -0.2) is 4.39 Å².